The quantitative estimate of drug-likeness (QED) is 0.644. The number of carbonyl (C=O) groups is 1. The first-order valence-corrected chi connectivity index (χ1v) is 10.3. The van der Waals surface area contributed by atoms with Gasteiger partial charge in [0.2, 0.25) is 0 Å². The van der Waals surface area contributed by atoms with Crippen LogP contribution in [0.1, 0.15) is 48.9 Å². The highest BCUT2D eigenvalue weighted by Gasteiger charge is 2.20. The second-order valence-corrected chi connectivity index (χ2v) is 8.30. The fourth-order valence-electron chi connectivity index (χ4n) is 3.23. The predicted octanol–water partition coefficient (Wildman–Crippen LogP) is 5.30. The summed E-state index contributed by atoms with van der Waals surface area (Å²) in [5.74, 6) is -3.12. The number of rotatable bonds is 8. The van der Waals surface area contributed by atoms with Gasteiger partial charge in [-0.05, 0) is 49.9 Å². The lowest BCUT2D eigenvalue weighted by Crippen LogP contribution is -2.06. The molecule has 2 aromatic rings. The molecule has 7 heteroatoms. The van der Waals surface area contributed by atoms with Crippen molar-refractivity contribution in [2.24, 2.45) is 0 Å². The molecule has 0 amide bonds. The number of aryl methyl sites for hydroxylation is 2. The first-order chi connectivity index (χ1) is 13.4. The van der Waals surface area contributed by atoms with Crippen LogP contribution in [0.3, 0.4) is 0 Å². The standard InChI is InChI=1S/C21H23F2NO3S/c1-13-6-8-15(21(24-13)28-16-4-2-3-5-16)12-27-20-17(22)10-14(11-18(20)23)7-9-19(25)26/h6,8,10-11,16H,2-5,7,9,12H2,1H3,(H,25,26). The number of nitrogens with zero attached hydrogens (tertiary/aromatic N) is 1. The summed E-state index contributed by atoms with van der Waals surface area (Å²) in [5, 5.41) is 10.1. The minimum atomic E-state index is -1.01. The van der Waals surface area contributed by atoms with Crippen molar-refractivity contribution in [1.29, 1.82) is 0 Å². The molecule has 0 spiro atoms. The molecule has 1 aliphatic carbocycles. The average molecular weight is 407 g/mol. The lowest BCUT2D eigenvalue weighted by Gasteiger charge is -2.15. The highest BCUT2D eigenvalue weighted by molar-refractivity contribution is 7.99. The van der Waals surface area contributed by atoms with Crippen molar-refractivity contribution >= 4 is 17.7 Å². The van der Waals surface area contributed by atoms with Crippen LogP contribution in [0, 0.1) is 18.6 Å². The van der Waals surface area contributed by atoms with E-state index in [-0.39, 0.29) is 19.4 Å². The van der Waals surface area contributed by atoms with Crippen molar-refractivity contribution in [3.8, 4) is 5.75 Å². The minimum Gasteiger partial charge on any atom is -0.483 e. The van der Waals surface area contributed by atoms with Gasteiger partial charge in [0, 0.05) is 22.9 Å². The summed E-state index contributed by atoms with van der Waals surface area (Å²) in [5.41, 5.74) is 1.99. The average Bonchev–Trinajstić information content (AvgIpc) is 3.14. The SMILES string of the molecule is Cc1ccc(COc2c(F)cc(CCC(=O)O)cc2F)c(SC2CCCC2)n1. The third kappa shape index (κ3) is 5.44. The molecule has 0 radical (unpaired) electrons. The highest BCUT2D eigenvalue weighted by atomic mass is 32.2. The first kappa shape index (κ1) is 20.6. The molecule has 1 saturated carbocycles. The number of thioether (sulfide) groups is 1. The summed E-state index contributed by atoms with van der Waals surface area (Å²) in [6, 6.07) is 6.00. The van der Waals surface area contributed by atoms with E-state index < -0.39 is 23.4 Å². The minimum absolute atomic E-state index is 0.0185. The molecule has 4 nitrogen and oxygen atoms in total. The van der Waals surface area contributed by atoms with Crippen LogP contribution >= 0.6 is 11.8 Å². The molecule has 1 heterocycles. The smallest absolute Gasteiger partial charge is 0.303 e. The van der Waals surface area contributed by atoms with Crippen molar-refractivity contribution in [2.75, 3.05) is 0 Å². The Hall–Kier alpha value is -2.15. The third-order valence-electron chi connectivity index (χ3n) is 4.72. The number of carboxylic acids is 1. The highest BCUT2D eigenvalue weighted by Crippen LogP contribution is 2.36. The van der Waals surface area contributed by atoms with Crippen molar-refractivity contribution < 1.29 is 23.4 Å². The number of benzene rings is 1. The van der Waals surface area contributed by atoms with E-state index in [1.807, 2.05) is 19.1 Å². The summed E-state index contributed by atoms with van der Waals surface area (Å²) >= 11 is 1.71. The maximum atomic E-state index is 14.3. The molecule has 0 unspecified atom stereocenters. The summed E-state index contributed by atoms with van der Waals surface area (Å²) in [6.45, 7) is 1.93. The topological polar surface area (TPSA) is 59.4 Å². The Labute approximate surface area is 167 Å². The Morgan fingerprint density at radius 1 is 1.25 bits per heavy atom. The molecule has 28 heavy (non-hydrogen) atoms. The fraction of sp³-hybridized carbons (Fsp3) is 0.429. The maximum absolute atomic E-state index is 14.3. The third-order valence-corrected chi connectivity index (χ3v) is 6.10. The number of hydrogen-bond acceptors (Lipinski definition) is 4. The summed E-state index contributed by atoms with van der Waals surface area (Å²) in [6.07, 6.45) is 4.63. The molecule has 0 aliphatic heterocycles. The van der Waals surface area contributed by atoms with E-state index in [1.165, 1.54) is 12.8 Å². The number of ether oxygens (including phenoxy) is 1. The van der Waals surface area contributed by atoms with E-state index in [2.05, 4.69) is 4.98 Å². The number of carboxylic acid groups (broad SMARTS) is 1. The van der Waals surface area contributed by atoms with Gasteiger partial charge in [0.05, 0.1) is 0 Å². The van der Waals surface area contributed by atoms with Gasteiger partial charge < -0.3 is 9.84 Å². The van der Waals surface area contributed by atoms with E-state index >= 15 is 0 Å². The molecule has 0 bridgehead atoms. The van der Waals surface area contributed by atoms with Crippen molar-refractivity contribution in [2.45, 2.75) is 62.3 Å². The van der Waals surface area contributed by atoms with Gasteiger partial charge >= 0.3 is 5.97 Å². The number of halogens is 2. The van der Waals surface area contributed by atoms with Gasteiger partial charge in [-0.3, -0.25) is 4.79 Å². The van der Waals surface area contributed by atoms with Crippen molar-refractivity contribution in [3.63, 3.8) is 0 Å². The van der Waals surface area contributed by atoms with Crippen LogP contribution in [0.5, 0.6) is 5.75 Å². The van der Waals surface area contributed by atoms with Gasteiger partial charge in [-0.2, -0.15) is 0 Å². The lowest BCUT2D eigenvalue weighted by atomic mass is 10.1. The first-order valence-electron chi connectivity index (χ1n) is 9.38. The Balaban J connectivity index is 1.72. The van der Waals surface area contributed by atoms with Crippen LogP contribution in [0.4, 0.5) is 8.78 Å². The molecule has 1 aliphatic rings. The Morgan fingerprint density at radius 3 is 2.57 bits per heavy atom. The van der Waals surface area contributed by atoms with Crippen LogP contribution in [-0.4, -0.2) is 21.3 Å². The lowest BCUT2D eigenvalue weighted by molar-refractivity contribution is -0.136. The van der Waals surface area contributed by atoms with Crippen molar-refractivity contribution in [1.82, 2.24) is 4.98 Å². The molecular formula is C21H23F2NO3S. The van der Waals surface area contributed by atoms with E-state index in [0.717, 1.165) is 41.3 Å². The number of hydrogen-bond donors (Lipinski definition) is 1. The molecule has 0 atom stereocenters. The Morgan fingerprint density at radius 2 is 1.93 bits per heavy atom. The normalized spacial score (nSPS) is 14.4. The molecule has 150 valence electrons. The van der Waals surface area contributed by atoms with Gasteiger partial charge in [0.25, 0.3) is 0 Å². The van der Waals surface area contributed by atoms with Gasteiger partial charge in [0.1, 0.15) is 11.6 Å². The summed E-state index contributed by atoms with van der Waals surface area (Å²) < 4.78 is 34.1. The van der Waals surface area contributed by atoms with Gasteiger partial charge in [0.15, 0.2) is 17.4 Å². The summed E-state index contributed by atoms with van der Waals surface area (Å²) in [4.78, 5) is 15.2. The van der Waals surface area contributed by atoms with Crippen LogP contribution < -0.4 is 4.74 Å². The van der Waals surface area contributed by atoms with E-state index in [9.17, 15) is 13.6 Å². The number of aliphatic carboxylic acids is 1. The van der Waals surface area contributed by atoms with Crippen LogP contribution in [0.15, 0.2) is 29.3 Å². The molecule has 1 N–H and O–H groups in total. The second kappa shape index (κ2) is 9.37. The zero-order valence-corrected chi connectivity index (χ0v) is 16.5. The van der Waals surface area contributed by atoms with Crippen LogP contribution in [-0.2, 0) is 17.8 Å². The van der Waals surface area contributed by atoms with Crippen LogP contribution in [0.25, 0.3) is 0 Å². The van der Waals surface area contributed by atoms with Gasteiger partial charge in [-0.1, -0.05) is 18.9 Å². The van der Waals surface area contributed by atoms with Gasteiger partial charge in [-0.25, -0.2) is 13.8 Å². The molecule has 3 rings (SSSR count). The number of aromatic nitrogens is 1. The Kier molecular flexibility index (Phi) is 6.88. The molecule has 1 fully saturated rings. The summed E-state index contributed by atoms with van der Waals surface area (Å²) in [7, 11) is 0. The largest absolute Gasteiger partial charge is 0.483 e. The number of pyridine rings is 1. The molecule has 1 aromatic carbocycles. The van der Waals surface area contributed by atoms with E-state index in [0.29, 0.717) is 10.8 Å². The molecular weight excluding hydrogens is 384 g/mol. The monoisotopic (exact) mass is 407 g/mol. The predicted molar refractivity (Wildman–Crippen MR) is 104 cm³/mol. The Bertz CT molecular complexity index is 831. The zero-order valence-electron chi connectivity index (χ0n) is 15.7. The maximum Gasteiger partial charge on any atom is 0.303 e. The van der Waals surface area contributed by atoms with Crippen LogP contribution in [0.2, 0.25) is 0 Å². The second-order valence-electron chi connectivity index (χ2n) is 7.01. The molecule has 1 aromatic heterocycles. The molecule has 0 saturated heterocycles. The van der Waals surface area contributed by atoms with E-state index in [4.69, 9.17) is 9.84 Å². The van der Waals surface area contributed by atoms with Crippen molar-refractivity contribution in [3.05, 3.63) is 52.7 Å². The van der Waals surface area contributed by atoms with Gasteiger partial charge in [-0.15, -0.1) is 11.8 Å². The van der Waals surface area contributed by atoms with E-state index in [1.54, 1.807) is 11.8 Å². The zero-order chi connectivity index (χ0) is 20.1. The fourth-order valence-corrected chi connectivity index (χ4v) is 4.59.